The lowest BCUT2D eigenvalue weighted by Crippen LogP contribution is -2.29. The highest BCUT2D eigenvalue weighted by molar-refractivity contribution is 7.98. The van der Waals surface area contributed by atoms with Crippen molar-refractivity contribution in [1.29, 1.82) is 0 Å². The average Bonchev–Trinajstić information content (AvgIpc) is 3.27. The number of aromatic nitrogens is 4. The Labute approximate surface area is 194 Å². The van der Waals surface area contributed by atoms with Gasteiger partial charge in [0.15, 0.2) is 23.0 Å². The molecule has 7 nitrogen and oxygen atoms in total. The highest BCUT2D eigenvalue weighted by Crippen LogP contribution is 2.25. The molecule has 4 rings (SSSR count). The van der Waals surface area contributed by atoms with E-state index in [-0.39, 0.29) is 17.7 Å². The van der Waals surface area contributed by atoms with Crippen LogP contribution in [0.25, 0.3) is 11.7 Å². The van der Waals surface area contributed by atoms with E-state index < -0.39 is 5.82 Å². The number of carbonyl (C=O) groups excluding carboxylic acids is 1. The zero-order valence-electron chi connectivity index (χ0n) is 17.9. The van der Waals surface area contributed by atoms with Gasteiger partial charge in [-0.3, -0.25) is 14.2 Å². The maximum atomic E-state index is 14.4. The highest BCUT2D eigenvalue weighted by atomic mass is 32.2. The van der Waals surface area contributed by atoms with E-state index in [1.165, 1.54) is 24.4 Å². The molecule has 33 heavy (non-hydrogen) atoms. The van der Waals surface area contributed by atoms with Crippen LogP contribution >= 0.6 is 11.8 Å². The predicted octanol–water partition coefficient (Wildman–Crippen LogP) is 4.68. The van der Waals surface area contributed by atoms with Gasteiger partial charge in [-0.15, -0.1) is 10.2 Å². The largest absolute Gasteiger partial charge is 0.453 e. The molecule has 1 unspecified atom stereocenters. The molecule has 0 bridgehead atoms. The molecule has 0 fully saturated rings. The first-order chi connectivity index (χ1) is 16.1. The standard InChI is InChI=1S/C24H22FN5O2S/c1-33-14-11-20(24-29-28-22-6-2-3-13-30(22)24)27-23(31)10-8-17-7-9-21(19(25)15-17)32-18-5-4-12-26-16-18/h2-10,12-13,15-16,20H,11,14H2,1H3,(H,27,31)/b10-8-. The molecule has 0 radical (unpaired) electrons. The summed E-state index contributed by atoms with van der Waals surface area (Å²) in [7, 11) is 0. The Bertz CT molecular complexity index is 1260. The number of fused-ring (bicyclic) bond motifs is 1. The number of amides is 1. The van der Waals surface area contributed by atoms with E-state index in [1.807, 2.05) is 35.1 Å². The second-order valence-electron chi connectivity index (χ2n) is 7.14. The first kappa shape index (κ1) is 22.5. The number of halogens is 1. The summed E-state index contributed by atoms with van der Waals surface area (Å²) in [5, 5.41) is 11.4. The first-order valence-electron chi connectivity index (χ1n) is 10.3. The van der Waals surface area contributed by atoms with Crippen molar-refractivity contribution in [2.45, 2.75) is 12.5 Å². The van der Waals surface area contributed by atoms with Crippen LogP contribution in [-0.4, -0.2) is 37.5 Å². The third-order valence-electron chi connectivity index (χ3n) is 4.82. The fraction of sp³-hybridized carbons (Fsp3) is 0.167. The molecule has 0 saturated heterocycles. The van der Waals surface area contributed by atoms with Crippen LogP contribution in [0, 0.1) is 5.82 Å². The molecule has 3 heterocycles. The van der Waals surface area contributed by atoms with Crippen LogP contribution in [0.1, 0.15) is 23.9 Å². The van der Waals surface area contributed by atoms with Crippen LogP contribution in [0.5, 0.6) is 11.5 Å². The van der Waals surface area contributed by atoms with Gasteiger partial charge >= 0.3 is 0 Å². The monoisotopic (exact) mass is 463 g/mol. The molecule has 0 spiro atoms. The molecule has 1 aromatic carbocycles. The maximum Gasteiger partial charge on any atom is 0.244 e. The molecular formula is C24H22FN5O2S. The first-order valence-corrected chi connectivity index (χ1v) is 11.7. The third-order valence-corrected chi connectivity index (χ3v) is 5.47. The Balaban J connectivity index is 1.45. The lowest BCUT2D eigenvalue weighted by molar-refractivity contribution is -0.117. The zero-order valence-corrected chi connectivity index (χ0v) is 18.7. The van der Waals surface area contributed by atoms with Gasteiger partial charge in [0.2, 0.25) is 5.91 Å². The summed E-state index contributed by atoms with van der Waals surface area (Å²) in [5.41, 5.74) is 1.25. The maximum absolute atomic E-state index is 14.4. The zero-order chi connectivity index (χ0) is 23.0. The van der Waals surface area contributed by atoms with Gasteiger partial charge in [-0.1, -0.05) is 12.1 Å². The van der Waals surface area contributed by atoms with Crippen molar-refractivity contribution < 1.29 is 13.9 Å². The quantitative estimate of drug-likeness (QED) is 0.363. The SMILES string of the molecule is CSCCC(NC(=O)/C=C\c1ccc(Oc2cccnc2)c(F)c1)c1nnc2ccccn12. The normalized spacial score (nSPS) is 12.2. The number of pyridine rings is 2. The number of nitrogens with one attached hydrogen (secondary N) is 1. The van der Waals surface area contributed by atoms with Gasteiger partial charge in [0.25, 0.3) is 0 Å². The summed E-state index contributed by atoms with van der Waals surface area (Å²) < 4.78 is 21.8. The summed E-state index contributed by atoms with van der Waals surface area (Å²) >= 11 is 1.69. The molecule has 9 heteroatoms. The number of hydrogen-bond acceptors (Lipinski definition) is 6. The minimum Gasteiger partial charge on any atom is -0.453 e. The van der Waals surface area contributed by atoms with E-state index >= 15 is 0 Å². The molecule has 1 N–H and O–H groups in total. The van der Waals surface area contributed by atoms with E-state index in [9.17, 15) is 9.18 Å². The van der Waals surface area contributed by atoms with Gasteiger partial charge in [0.1, 0.15) is 5.75 Å². The van der Waals surface area contributed by atoms with Gasteiger partial charge in [-0.25, -0.2) is 4.39 Å². The van der Waals surface area contributed by atoms with Crippen LogP contribution < -0.4 is 10.1 Å². The summed E-state index contributed by atoms with van der Waals surface area (Å²) in [6.45, 7) is 0. The highest BCUT2D eigenvalue weighted by Gasteiger charge is 2.19. The van der Waals surface area contributed by atoms with Gasteiger partial charge in [-0.05, 0) is 66.5 Å². The number of ether oxygens (including phenoxy) is 1. The molecule has 168 valence electrons. The minimum absolute atomic E-state index is 0.0837. The van der Waals surface area contributed by atoms with Gasteiger partial charge < -0.3 is 10.1 Å². The average molecular weight is 464 g/mol. The van der Waals surface area contributed by atoms with E-state index in [0.717, 1.165) is 11.4 Å². The third kappa shape index (κ3) is 5.75. The minimum atomic E-state index is -0.533. The Morgan fingerprint density at radius 2 is 2.15 bits per heavy atom. The van der Waals surface area contributed by atoms with E-state index in [1.54, 1.807) is 42.2 Å². The number of hydrogen-bond donors (Lipinski definition) is 1. The van der Waals surface area contributed by atoms with Gasteiger partial charge in [0, 0.05) is 18.5 Å². The molecule has 0 aliphatic rings. The summed E-state index contributed by atoms with van der Waals surface area (Å²) in [6.07, 6.45) is 10.6. The van der Waals surface area contributed by atoms with Crippen LogP contribution in [0.3, 0.4) is 0 Å². The number of nitrogens with zero attached hydrogens (tertiary/aromatic N) is 4. The van der Waals surface area contributed by atoms with Crippen molar-refractivity contribution in [3.8, 4) is 11.5 Å². The van der Waals surface area contributed by atoms with Crippen LogP contribution in [0.2, 0.25) is 0 Å². The van der Waals surface area contributed by atoms with Crippen LogP contribution in [0.4, 0.5) is 4.39 Å². The predicted molar refractivity (Wildman–Crippen MR) is 127 cm³/mol. The fourth-order valence-corrected chi connectivity index (χ4v) is 3.70. The molecule has 0 aliphatic heterocycles. The van der Waals surface area contributed by atoms with Crippen molar-refractivity contribution in [3.05, 3.63) is 90.4 Å². The number of rotatable bonds is 9. The topological polar surface area (TPSA) is 81.4 Å². The van der Waals surface area contributed by atoms with Crippen molar-refractivity contribution in [2.75, 3.05) is 12.0 Å². The molecule has 0 saturated carbocycles. The van der Waals surface area contributed by atoms with E-state index in [2.05, 4.69) is 20.5 Å². The number of carbonyl (C=O) groups is 1. The second-order valence-corrected chi connectivity index (χ2v) is 8.13. The van der Waals surface area contributed by atoms with E-state index in [0.29, 0.717) is 23.6 Å². The molecular weight excluding hydrogens is 441 g/mol. The Hall–Kier alpha value is -3.72. The molecule has 1 amide bonds. The smallest absolute Gasteiger partial charge is 0.244 e. The fourth-order valence-electron chi connectivity index (χ4n) is 3.23. The van der Waals surface area contributed by atoms with Crippen LogP contribution in [0.15, 0.2) is 73.2 Å². The van der Waals surface area contributed by atoms with Crippen molar-refractivity contribution in [1.82, 2.24) is 24.9 Å². The number of thioether (sulfide) groups is 1. The summed E-state index contributed by atoms with van der Waals surface area (Å²) in [4.78, 5) is 16.6. The van der Waals surface area contributed by atoms with Gasteiger partial charge in [0.05, 0.1) is 12.2 Å². The Morgan fingerprint density at radius 1 is 1.24 bits per heavy atom. The molecule has 1 atom stereocenters. The molecule has 0 aliphatic carbocycles. The lowest BCUT2D eigenvalue weighted by atomic mass is 10.1. The van der Waals surface area contributed by atoms with Crippen molar-refractivity contribution in [2.24, 2.45) is 0 Å². The molecule has 4 aromatic rings. The lowest BCUT2D eigenvalue weighted by Gasteiger charge is -2.16. The van der Waals surface area contributed by atoms with Crippen molar-refractivity contribution in [3.63, 3.8) is 0 Å². The second kappa shape index (κ2) is 10.7. The summed E-state index contributed by atoms with van der Waals surface area (Å²) in [6, 6.07) is 13.2. The van der Waals surface area contributed by atoms with Gasteiger partial charge in [-0.2, -0.15) is 11.8 Å². The molecule has 3 aromatic heterocycles. The van der Waals surface area contributed by atoms with E-state index in [4.69, 9.17) is 4.74 Å². The Kier molecular flexibility index (Phi) is 7.31. The van der Waals surface area contributed by atoms with Crippen LogP contribution in [-0.2, 0) is 4.79 Å². The van der Waals surface area contributed by atoms with Crippen molar-refractivity contribution >= 4 is 29.4 Å². The Morgan fingerprint density at radius 3 is 2.94 bits per heavy atom. The summed E-state index contributed by atoms with van der Waals surface area (Å²) in [5.74, 6) is 1.21. The number of benzene rings is 1.